The molecule has 3 aromatic rings. The molecule has 0 spiro atoms. The fourth-order valence-electron chi connectivity index (χ4n) is 3.49. The van der Waals surface area contributed by atoms with Gasteiger partial charge in [0, 0.05) is 22.2 Å². The number of carbonyl (C=O) groups is 3. The van der Waals surface area contributed by atoms with Crippen LogP contribution in [0.15, 0.2) is 74.5 Å². The van der Waals surface area contributed by atoms with Crippen molar-refractivity contribution in [2.24, 2.45) is 0 Å². The zero-order valence-corrected chi connectivity index (χ0v) is 23.7. The van der Waals surface area contributed by atoms with Gasteiger partial charge in [0.15, 0.2) is 17.3 Å². The number of nitro benzene ring substituents is 1. The number of nitro groups is 1. The predicted octanol–water partition coefficient (Wildman–Crippen LogP) is 6.63. The van der Waals surface area contributed by atoms with Gasteiger partial charge in [0.1, 0.15) is 6.61 Å². The number of Topliss-reactive ketones (excluding diaryl/α,β-unsaturated/α-hetero) is 1. The standard InChI is InChI=1S/C26H18Br2N2O7S/c1-36-22-11-16(10-20(28)24(22)37-14-15-2-6-18(27)7-3-15)12-23-25(32)29(26(33)38-23)13-21(31)17-4-8-19(9-5-17)30(34)35/h2-12H,13-14H2,1H3/b23-12+. The molecule has 9 nitrogen and oxygen atoms in total. The van der Waals surface area contributed by atoms with E-state index in [0.717, 1.165) is 26.7 Å². The smallest absolute Gasteiger partial charge is 0.293 e. The summed E-state index contributed by atoms with van der Waals surface area (Å²) in [5, 5.41) is 10.2. The molecule has 1 saturated heterocycles. The van der Waals surface area contributed by atoms with Crippen LogP contribution in [0.5, 0.6) is 11.5 Å². The van der Waals surface area contributed by atoms with Gasteiger partial charge in [0.05, 0.1) is 28.0 Å². The number of thioether (sulfide) groups is 1. The molecule has 12 heteroatoms. The van der Waals surface area contributed by atoms with E-state index < -0.39 is 28.4 Å². The van der Waals surface area contributed by atoms with Crippen molar-refractivity contribution in [2.45, 2.75) is 6.61 Å². The molecule has 1 heterocycles. The summed E-state index contributed by atoms with van der Waals surface area (Å²) in [5.41, 5.74) is 1.54. The molecule has 3 aromatic carbocycles. The highest BCUT2D eigenvalue weighted by atomic mass is 79.9. The molecule has 1 fully saturated rings. The fourth-order valence-corrected chi connectivity index (χ4v) is 5.17. The Hall–Kier alpha value is -3.48. The van der Waals surface area contributed by atoms with E-state index in [1.165, 1.54) is 37.5 Å². The molecule has 0 aliphatic carbocycles. The van der Waals surface area contributed by atoms with Crippen molar-refractivity contribution < 1.29 is 28.8 Å². The first kappa shape index (κ1) is 27.6. The van der Waals surface area contributed by atoms with E-state index >= 15 is 0 Å². The summed E-state index contributed by atoms with van der Waals surface area (Å²) in [6.45, 7) is -0.168. The van der Waals surface area contributed by atoms with E-state index in [2.05, 4.69) is 31.9 Å². The largest absolute Gasteiger partial charge is 0.493 e. The van der Waals surface area contributed by atoms with E-state index in [9.17, 15) is 24.5 Å². The van der Waals surface area contributed by atoms with Crippen LogP contribution >= 0.6 is 43.6 Å². The van der Waals surface area contributed by atoms with Gasteiger partial charge in [-0.05, 0) is 81.3 Å². The maximum Gasteiger partial charge on any atom is 0.293 e. The number of ketones is 1. The lowest BCUT2D eigenvalue weighted by Crippen LogP contribution is -2.33. The first-order valence-electron chi connectivity index (χ1n) is 10.9. The Balaban J connectivity index is 1.49. The Bertz CT molecular complexity index is 1460. The van der Waals surface area contributed by atoms with Crippen LogP contribution in [0.3, 0.4) is 0 Å². The summed E-state index contributed by atoms with van der Waals surface area (Å²) in [4.78, 5) is 49.3. The summed E-state index contributed by atoms with van der Waals surface area (Å²) < 4.78 is 13.0. The molecule has 0 unspecified atom stereocenters. The lowest BCUT2D eigenvalue weighted by atomic mass is 10.1. The SMILES string of the molecule is COc1cc(/C=C2/SC(=O)N(CC(=O)c3ccc([N+](=O)[O-])cc3)C2=O)cc(Br)c1OCc1ccc(Br)cc1. The Morgan fingerprint density at radius 2 is 1.76 bits per heavy atom. The van der Waals surface area contributed by atoms with E-state index in [1.54, 1.807) is 12.1 Å². The number of amides is 2. The Labute approximate surface area is 238 Å². The van der Waals surface area contributed by atoms with Gasteiger partial charge >= 0.3 is 0 Å². The van der Waals surface area contributed by atoms with E-state index in [0.29, 0.717) is 28.1 Å². The molecule has 0 saturated carbocycles. The van der Waals surface area contributed by atoms with Gasteiger partial charge in [0.25, 0.3) is 16.8 Å². The molecule has 0 aromatic heterocycles. The second-order valence-corrected chi connectivity index (χ2v) is 10.7. The third-order valence-electron chi connectivity index (χ3n) is 5.42. The molecule has 4 rings (SSSR count). The van der Waals surface area contributed by atoms with Crippen molar-refractivity contribution in [2.75, 3.05) is 13.7 Å². The third-order valence-corrected chi connectivity index (χ3v) is 7.45. The van der Waals surface area contributed by atoms with Crippen LogP contribution in [0.2, 0.25) is 0 Å². The van der Waals surface area contributed by atoms with Gasteiger partial charge in [0.2, 0.25) is 0 Å². The van der Waals surface area contributed by atoms with Gasteiger partial charge in [-0.1, -0.05) is 28.1 Å². The van der Waals surface area contributed by atoms with Crippen LogP contribution in [-0.4, -0.2) is 40.4 Å². The Morgan fingerprint density at radius 3 is 2.39 bits per heavy atom. The van der Waals surface area contributed by atoms with Crippen LogP contribution in [0.1, 0.15) is 21.5 Å². The number of hydrogen-bond donors (Lipinski definition) is 0. The minimum absolute atomic E-state index is 0.143. The minimum Gasteiger partial charge on any atom is -0.493 e. The lowest BCUT2D eigenvalue weighted by Gasteiger charge is -2.14. The van der Waals surface area contributed by atoms with Crippen molar-refractivity contribution in [3.63, 3.8) is 0 Å². The van der Waals surface area contributed by atoms with Crippen molar-refractivity contribution in [3.8, 4) is 11.5 Å². The molecule has 38 heavy (non-hydrogen) atoms. The molecule has 194 valence electrons. The average Bonchev–Trinajstić information content (AvgIpc) is 3.15. The average molecular weight is 662 g/mol. The number of non-ortho nitro benzene ring substituents is 1. The number of halogens is 2. The second-order valence-electron chi connectivity index (χ2n) is 7.94. The third kappa shape index (κ3) is 6.32. The second kappa shape index (κ2) is 11.9. The molecule has 0 radical (unpaired) electrons. The van der Waals surface area contributed by atoms with Crippen LogP contribution in [-0.2, 0) is 11.4 Å². The quantitative estimate of drug-likeness (QED) is 0.109. The number of methoxy groups -OCH3 is 1. The molecule has 2 amide bonds. The van der Waals surface area contributed by atoms with Gasteiger partial charge in [-0.15, -0.1) is 0 Å². The van der Waals surface area contributed by atoms with Crippen LogP contribution < -0.4 is 9.47 Å². The summed E-state index contributed by atoms with van der Waals surface area (Å²) in [5.74, 6) is -0.217. The topological polar surface area (TPSA) is 116 Å². The first-order valence-corrected chi connectivity index (χ1v) is 13.3. The predicted molar refractivity (Wildman–Crippen MR) is 149 cm³/mol. The highest BCUT2D eigenvalue weighted by Crippen LogP contribution is 2.39. The summed E-state index contributed by atoms with van der Waals surface area (Å²) >= 11 is 7.60. The zero-order valence-electron chi connectivity index (χ0n) is 19.7. The van der Waals surface area contributed by atoms with E-state index in [-0.39, 0.29) is 16.2 Å². The lowest BCUT2D eigenvalue weighted by molar-refractivity contribution is -0.384. The number of hydrogen-bond acceptors (Lipinski definition) is 8. The number of ether oxygens (including phenoxy) is 2. The maximum absolute atomic E-state index is 12.9. The molecule has 1 aliphatic rings. The van der Waals surface area contributed by atoms with E-state index in [4.69, 9.17) is 9.47 Å². The van der Waals surface area contributed by atoms with Crippen molar-refractivity contribution in [3.05, 3.63) is 101 Å². The minimum atomic E-state index is -0.610. The zero-order chi connectivity index (χ0) is 27.4. The summed E-state index contributed by atoms with van der Waals surface area (Å²) in [7, 11) is 1.50. The number of imide groups is 1. The van der Waals surface area contributed by atoms with Gasteiger partial charge in [-0.25, -0.2) is 0 Å². The molecular weight excluding hydrogens is 644 g/mol. The van der Waals surface area contributed by atoms with E-state index in [1.807, 2.05) is 24.3 Å². The van der Waals surface area contributed by atoms with Crippen molar-refractivity contribution in [1.82, 2.24) is 4.90 Å². The van der Waals surface area contributed by atoms with Gasteiger partial charge in [-0.2, -0.15) is 0 Å². The summed E-state index contributed by atoms with van der Waals surface area (Å²) in [6, 6.07) is 16.1. The highest BCUT2D eigenvalue weighted by molar-refractivity contribution is 9.10. The van der Waals surface area contributed by atoms with Gasteiger partial charge in [-0.3, -0.25) is 29.4 Å². The van der Waals surface area contributed by atoms with Crippen molar-refractivity contribution in [1.29, 1.82) is 0 Å². The van der Waals surface area contributed by atoms with Crippen LogP contribution in [0.4, 0.5) is 10.5 Å². The van der Waals surface area contributed by atoms with Crippen LogP contribution in [0.25, 0.3) is 6.08 Å². The number of rotatable bonds is 9. The fraction of sp³-hybridized carbons (Fsp3) is 0.115. The molecule has 1 aliphatic heterocycles. The van der Waals surface area contributed by atoms with Gasteiger partial charge < -0.3 is 9.47 Å². The number of carbonyl (C=O) groups excluding carboxylic acids is 3. The Morgan fingerprint density at radius 1 is 1.08 bits per heavy atom. The molecule has 0 N–H and O–H groups in total. The monoisotopic (exact) mass is 660 g/mol. The van der Waals surface area contributed by atoms with Crippen molar-refractivity contribution >= 4 is 72.3 Å². The molecular formula is C26H18Br2N2O7S. The highest BCUT2D eigenvalue weighted by Gasteiger charge is 2.36. The normalized spacial score (nSPS) is 14.2. The first-order chi connectivity index (χ1) is 18.2. The number of nitrogens with zero attached hydrogens (tertiary/aromatic N) is 2. The maximum atomic E-state index is 12.9. The summed E-state index contributed by atoms with van der Waals surface area (Å²) in [6.07, 6.45) is 1.53. The Kier molecular flexibility index (Phi) is 8.65. The van der Waals surface area contributed by atoms with Crippen LogP contribution in [0, 0.1) is 10.1 Å². The number of benzene rings is 3. The molecule has 0 bridgehead atoms. The molecule has 0 atom stereocenters.